The highest BCUT2D eigenvalue weighted by molar-refractivity contribution is 6.32. The molecule has 2 aromatic rings. The van der Waals surface area contributed by atoms with Crippen molar-refractivity contribution in [3.63, 3.8) is 0 Å². The fraction of sp³-hybridized carbons (Fsp3) is 0.133. The molecule has 3 nitrogen and oxygen atoms in total. The molecule has 0 amide bonds. The Hall–Kier alpha value is -2.00. The number of rotatable bonds is 4. The second-order valence-corrected chi connectivity index (χ2v) is 4.54. The molecule has 4 heteroatoms. The third-order valence-electron chi connectivity index (χ3n) is 2.83. The van der Waals surface area contributed by atoms with Gasteiger partial charge in [0.2, 0.25) is 0 Å². The van der Waals surface area contributed by atoms with Gasteiger partial charge in [0.05, 0.1) is 5.02 Å². The zero-order chi connectivity index (χ0) is 13.8. The van der Waals surface area contributed by atoms with Crippen LogP contribution < -0.4 is 4.74 Å². The van der Waals surface area contributed by atoms with Gasteiger partial charge in [-0.2, -0.15) is 0 Å². The van der Waals surface area contributed by atoms with Crippen LogP contribution in [0.4, 0.5) is 0 Å². The average Bonchev–Trinajstić information content (AvgIpc) is 2.38. The summed E-state index contributed by atoms with van der Waals surface area (Å²) in [5.74, 6) is -0.845. The molecule has 0 aliphatic carbocycles. The largest absolute Gasteiger partial charge is 0.486 e. The first-order chi connectivity index (χ1) is 9.09. The molecule has 98 valence electrons. The lowest BCUT2D eigenvalue weighted by atomic mass is 10.1. The molecule has 0 unspecified atom stereocenters. The van der Waals surface area contributed by atoms with E-state index in [1.165, 1.54) is 6.07 Å². The summed E-state index contributed by atoms with van der Waals surface area (Å²) in [7, 11) is 0. The van der Waals surface area contributed by atoms with Crippen molar-refractivity contribution >= 4 is 17.6 Å². The maximum atomic E-state index is 11.1. The molecule has 0 aromatic heterocycles. The van der Waals surface area contributed by atoms with E-state index in [9.17, 15) is 4.79 Å². The van der Waals surface area contributed by atoms with Gasteiger partial charge in [0, 0.05) is 0 Å². The van der Waals surface area contributed by atoms with Gasteiger partial charge >= 0.3 is 5.97 Å². The first kappa shape index (κ1) is 13.4. The zero-order valence-electron chi connectivity index (χ0n) is 10.4. The minimum atomic E-state index is -1.05. The van der Waals surface area contributed by atoms with Gasteiger partial charge < -0.3 is 9.84 Å². The summed E-state index contributed by atoms with van der Waals surface area (Å²) in [6, 6.07) is 12.4. The summed E-state index contributed by atoms with van der Waals surface area (Å²) in [6.07, 6.45) is 0. The van der Waals surface area contributed by atoms with Crippen molar-refractivity contribution in [2.75, 3.05) is 0 Å². The molecule has 2 aromatic carbocycles. The molecule has 0 bridgehead atoms. The van der Waals surface area contributed by atoms with Crippen molar-refractivity contribution in [3.8, 4) is 5.75 Å². The molecule has 1 N–H and O–H groups in total. The molecule has 0 fully saturated rings. The summed E-state index contributed by atoms with van der Waals surface area (Å²) in [4.78, 5) is 11.1. The van der Waals surface area contributed by atoms with Crippen LogP contribution in [-0.2, 0) is 6.61 Å². The van der Waals surface area contributed by atoms with E-state index in [0.29, 0.717) is 5.02 Å². The van der Waals surface area contributed by atoms with Crippen LogP contribution in [0.3, 0.4) is 0 Å². The van der Waals surface area contributed by atoms with E-state index in [0.717, 1.165) is 11.1 Å². The van der Waals surface area contributed by atoms with E-state index in [1.807, 2.05) is 31.2 Å². The topological polar surface area (TPSA) is 46.5 Å². The molecule has 0 saturated carbocycles. The van der Waals surface area contributed by atoms with E-state index < -0.39 is 5.97 Å². The van der Waals surface area contributed by atoms with Gasteiger partial charge in [-0.3, -0.25) is 0 Å². The highest BCUT2D eigenvalue weighted by atomic mass is 35.5. The molecule has 0 radical (unpaired) electrons. The number of carboxylic acid groups (broad SMARTS) is 1. The molecule has 0 atom stereocenters. The van der Waals surface area contributed by atoms with Gasteiger partial charge in [-0.1, -0.05) is 41.9 Å². The molecule has 0 spiro atoms. The molecular weight excluding hydrogens is 264 g/mol. The predicted octanol–water partition coefficient (Wildman–Crippen LogP) is 3.93. The Morgan fingerprint density at radius 3 is 2.63 bits per heavy atom. The number of hydrogen-bond donors (Lipinski definition) is 1. The number of para-hydroxylation sites is 1. The van der Waals surface area contributed by atoms with Crippen LogP contribution in [0.1, 0.15) is 21.5 Å². The lowest BCUT2D eigenvalue weighted by Gasteiger charge is -2.12. The number of aromatic carboxylic acids is 1. The Morgan fingerprint density at radius 2 is 1.95 bits per heavy atom. The van der Waals surface area contributed by atoms with Crippen LogP contribution >= 0.6 is 11.6 Å². The van der Waals surface area contributed by atoms with E-state index in [4.69, 9.17) is 21.4 Å². The second-order valence-electron chi connectivity index (χ2n) is 4.14. The van der Waals surface area contributed by atoms with Gasteiger partial charge in [-0.25, -0.2) is 4.79 Å². The molecule has 0 aliphatic rings. The third kappa shape index (κ3) is 3.06. The molecular formula is C15H13ClO3. The first-order valence-corrected chi connectivity index (χ1v) is 6.16. The quantitative estimate of drug-likeness (QED) is 0.920. The van der Waals surface area contributed by atoms with Crippen LogP contribution in [0, 0.1) is 6.92 Å². The maximum absolute atomic E-state index is 11.1. The number of carbonyl (C=O) groups is 1. The van der Waals surface area contributed by atoms with Gasteiger partial charge in [0.15, 0.2) is 5.75 Å². The number of aryl methyl sites for hydroxylation is 1. The van der Waals surface area contributed by atoms with Gasteiger partial charge in [-0.05, 0) is 30.2 Å². The molecule has 0 saturated heterocycles. The molecule has 2 rings (SSSR count). The lowest BCUT2D eigenvalue weighted by Crippen LogP contribution is -2.04. The standard InChI is InChI=1S/C15H13ClO3/c1-10-5-2-3-6-11(10)9-19-14-12(15(17)18)7-4-8-13(14)16/h2-8H,9H2,1H3,(H,17,18). The van der Waals surface area contributed by atoms with E-state index in [1.54, 1.807) is 12.1 Å². The fourth-order valence-corrected chi connectivity index (χ4v) is 1.97. The van der Waals surface area contributed by atoms with Crippen molar-refractivity contribution in [3.05, 3.63) is 64.2 Å². The van der Waals surface area contributed by atoms with Crippen molar-refractivity contribution in [2.45, 2.75) is 13.5 Å². The number of carboxylic acids is 1. The van der Waals surface area contributed by atoms with Crippen molar-refractivity contribution in [1.29, 1.82) is 0 Å². The van der Waals surface area contributed by atoms with Crippen molar-refractivity contribution in [2.24, 2.45) is 0 Å². The lowest BCUT2D eigenvalue weighted by molar-refractivity contribution is 0.0692. The summed E-state index contributed by atoms with van der Waals surface area (Å²) < 4.78 is 5.58. The van der Waals surface area contributed by atoms with Crippen LogP contribution in [0.15, 0.2) is 42.5 Å². The van der Waals surface area contributed by atoms with Crippen LogP contribution in [0.2, 0.25) is 5.02 Å². The smallest absolute Gasteiger partial charge is 0.339 e. The van der Waals surface area contributed by atoms with Gasteiger partial charge in [0.25, 0.3) is 0 Å². The van der Waals surface area contributed by atoms with E-state index >= 15 is 0 Å². The zero-order valence-corrected chi connectivity index (χ0v) is 11.1. The normalized spacial score (nSPS) is 10.2. The minimum absolute atomic E-state index is 0.0704. The number of ether oxygens (including phenoxy) is 1. The second kappa shape index (κ2) is 5.76. The Balaban J connectivity index is 2.25. The minimum Gasteiger partial charge on any atom is -0.486 e. The van der Waals surface area contributed by atoms with Gasteiger partial charge in [-0.15, -0.1) is 0 Å². The fourth-order valence-electron chi connectivity index (χ4n) is 1.75. The van der Waals surface area contributed by atoms with E-state index in [-0.39, 0.29) is 17.9 Å². The average molecular weight is 277 g/mol. The molecule has 0 aliphatic heterocycles. The summed E-state index contributed by atoms with van der Waals surface area (Å²) in [5, 5.41) is 9.40. The SMILES string of the molecule is Cc1ccccc1COc1c(Cl)cccc1C(=O)O. The van der Waals surface area contributed by atoms with Crippen LogP contribution in [-0.4, -0.2) is 11.1 Å². The van der Waals surface area contributed by atoms with Gasteiger partial charge in [0.1, 0.15) is 12.2 Å². The van der Waals surface area contributed by atoms with E-state index in [2.05, 4.69) is 0 Å². The Morgan fingerprint density at radius 1 is 1.21 bits per heavy atom. The van der Waals surface area contributed by atoms with Crippen LogP contribution in [0.25, 0.3) is 0 Å². The highest BCUT2D eigenvalue weighted by Crippen LogP contribution is 2.29. The Kier molecular flexibility index (Phi) is 4.07. The number of hydrogen-bond acceptors (Lipinski definition) is 2. The summed E-state index contributed by atoms with van der Waals surface area (Å²) in [5.41, 5.74) is 2.16. The first-order valence-electron chi connectivity index (χ1n) is 5.78. The summed E-state index contributed by atoms with van der Waals surface area (Å²) >= 11 is 5.99. The number of halogens is 1. The number of benzene rings is 2. The molecule has 19 heavy (non-hydrogen) atoms. The highest BCUT2D eigenvalue weighted by Gasteiger charge is 2.14. The Bertz CT molecular complexity index is 608. The maximum Gasteiger partial charge on any atom is 0.339 e. The van der Waals surface area contributed by atoms with Crippen LogP contribution in [0.5, 0.6) is 5.75 Å². The predicted molar refractivity (Wildman–Crippen MR) is 73.9 cm³/mol. The summed E-state index contributed by atoms with van der Waals surface area (Å²) in [6.45, 7) is 2.26. The monoisotopic (exact) mass is 276 g/mol. The Labute approximate surface area is 116 Å². The van der Waals surface area contributed by atoms with Crippen molar-refractivity contribution in [1.82, 2.24) is 0 Å². The molecule has 0 heterocycles. The third-order valence-corrected chi connectivity index (χ3v) is 3.13. The van der Waals surface area contributed by atoms with Crippen molar-refractivity contribution < 1.29 is 14.6 Å².